The van der Waals surface area contributed by atoms with Crippen LogP contribution in [0, 0.1) is 17.3 Å². The summed E-state index contributed by atoms with van der Waals surface area (Å²) < 4.78 is 18.8. The van der Waals surface area contributed by atoms with Crippen LogP contribution in [-0.4, -0.2) is 34.9 Å². The molecule has 24 heavy (non-hydrogen) atoms. The summed E-state index contributed by atoms with van der Waals surface area (Å²) in [7, 11) is 0. The first-order valence-electron chi connectivity index (χ1n) is 7.27. The highest BCUT2D eigenvalue weighted by Gasteiger charge is 2.21. The van der Waals surface area contributed by atoms with Gasteiger partial charge in [-0.2, -0.15) is 9.65 Å². The maximum absolute atomic E-state index is 13.0. The van der Waals surface area contributed by atoms with Crippen molar-refractivity contribution >= 4 is 5.71 Å². The highest BCUT2D eigenvalue weighted by molar-refractivity contribution is 5.87. The van der Waals surface area contributed by atoms with Gasteiger partial charge in [0.25, 0.3) is 0 Å². The molecule has 0 bridgehead atoms. The molecular weight excluding hydrogens is 313 g/mol. The Kier molecular flexibility index (Phi) is 4.63. The molecule has 0 saturated heterocycles. The molecule has 2 N–H and O–H groups in total. The molecule has 1 atom stereocenters. The number of pyridine rings is 2. The standard InChI is InChI=1S/C16H14FN5O2/c17-15-4-1-10(8-20-15)16-14(3-2-11(6-18)21-16)23-9-13-5-12(7-19)22-24-13/h1-4,8,13H,5,7,9,19H2. The van der Waals surface area contributed by atoms with Gasteiger partial charge < -0.3 is 15.3 Å². The lowest BCUT2D eigenvalue weighted by Gasteiger charge is -2.13. The Labute approximate surface area is 137 Å². The number of aromatic nitrogens is 2. The number of hydrogen-bond acceptors (Lipinski definition) is 7. The highest BCUT2D eigenvalue weighted by atomic mass is 19.1. The maximum atomic E-state index is 13.0. The molecule has 0 fully saturated rings. The van der Waals surface area contributed by atoms with E-state index in [1.54, 1.807) is 12.1 Å². The van der Waals surface area contributed by atoms with Gasteiger partial charge in [0.05, 0.1) is 5.71 Å². The van der Waals surface area contributed by atoms with Crippen LogP contribution in [0.15, 0.2) is 35.6 Å². The Morgan fingerprint density at radius 3 is 2.92 bits per heavy atom. The van der Waals surface area contributed by atoms with Gasteiger partial charge in [0.2, 0.25) is 5.95 Å². The smallest absolute Gasteiger partial charge is 0.212 e. The van der Waals surface area contributed by atoms with Crippen molar-refractivity contribution in [2.24, 2.45) is 10.9 Å². The summed E-state index contributed by atoms with van der Waals surface area (Å²) >= 11 is 0. The van der Waals surface area contributed by atoms with Gasteiger partial charge in [-0.3, -0.25) is 0 Å². The van der Waals surface area contributed by atoms with E-state index < -0.39 is 5.95 Å². The quantitative estimate of drug-likeness (QED) is 0.837. The third-order valence-corrected chi connectivity index (χ3v) is 3.43. The van der Waals surface area contributed by atoms with E-state index in [9.17, 15) is 4.39 Å². The van der Waals surface area contributed by atoms with E-state index in [0.717, 1.165) is 5.71 Å². The van der Waals surface area contributed by atoms with E-state index in [2.05, 4.69) is 15.1 Å². The van der Waals surface area contributed by atoms with Crippen molar-refractivity contribution in [2.75, 3.05) is 13.2 Å². The van der Waals surface area contributed by atoms with E-state index >= 15 is 0 Å². The molecule has 0 saturated carbocycles. The minimum absolute atomic E-state index is 0.224. The summed E-state index contributed by atoms with van der Waals surface area (Å²) in [6, 6.07) is 7.91. The second-order valence-electron chi connectivity index (χ2n) is 5.13. The molecule has 0 radical (unpaired) electrons. The number of nitrogens with zero attached hydrogens (tertiary/aromatic N) is 4. The lowest BCUT2D eigenvalue weighted by molar-refractivity contribution is 0.0471. The SMILES string of the molecule is N#Cc1ccc(OCC2CC(CN)=NO2)c(-c2ccc(F)nc2)n1. The number of oxime groups is 1. The van der Waals surface area contributed by atoms with Gasteiger partial charge in [-0.1, -0.05) is 5.16 Å². The van der Waals surface area contributed by atoms with Crippen molar-refractivity contribution in [2.45, 2.75) is 12.5 Å². The molecular formula is C16H14FN5O2. The molecule has 1 aliphatic rings. The minimum Gasteiger partial charge on any atom is -0.487 e. The Balaban J connectivity index is 1.80. The van der Waals surface area contributed by atoms with Crippen LogP contribution in [-0.2, 0) is 4.84 Å². The molecule has 2 aromatic heterocycles. The second kappa shape index (κ2) is 7.02. The first kappa shape index (κ1) is 15.8. The topological polar surface area (TPSA) is 106 Å². The summed E-state index contributed by atoms with van der Waals surface area (Å²) in [5.74, 6) is -0.143. The van der Waals surface area contributed by atoms with Gasteiger partial charge in [0.15, 0.2) is 6.10 Å². The summed E-state index contributed by atoms with van der Waals surface area (Å²) in [5, 5.41) is 12.9. The zero-order valence-electron chi connectivity index (χ0n) is 12.6. The summed E-state index contributed by atoms with van der Waals surface area (Å²) in [4.78, 5) is 13.1. The number of halogens is 1. The molecule has 0 aliphatic carbocycles. The van der Waals surface area contributed by atoms with Crippen LogP contribution in [0.25, 0.3) is 11.3 Å². The van der Waals surface area contributed by atoms with Crippen LogP contribution in [0.2, 0.25) is 0 Å². The Bertz CT molecular complexity index is 801. The molecule has 1 aliphatic heterocycles. The fraction of sp³-hybridized carbons (Fsp3) is 0.250. The average Bonchev–Trinajstić information content (AvgIpc) is 3.08. The third kappa shape index (κ3) is 3.47. The molecule has 3 rings (SSSR count). The zero-order chi connectivity index (χ0) is 16.9. The van der Waals surface area contributed by atoms with Crippen LogP contribution in [0.4, 0.5) is 4.39 Å². The number of ether oxygens (including phenoxy) is 1. The first-order chi connectivity index (χ1) is 11.7. The number of rotatable bonds is 5. The molecule has 122 valence electrons. The fourth-order valence-corrected chi connectivity index (χ4v) is 2.23. The van der Waals surface area contributed by atoms with Crippen LogP contribution < -0.4 is 10.5 Å². The molecule has 7 nitrogen and oxygen atoms in total. The average molecular weight is 327 g/mol. The Morgan fingerprint density at radius 1 is 1.38 bits per heavy atom. The van der Waals surface area contributed by atoms with E-state index in [1.165, 1.54) is 18.3 Å². The minimum atomic E-state index is -0.594. The zero-order valence-corrected chi connectivity index (χ0v) is 12.6. The van der Waals surface area contributed by atoms with Gasteiger partial charge in [-0.05, 0) is 24.3 Å². The van der Waals surface area contributed by atoms with Crippen molar-refractivity contribution in [1.82, 2.24) is 9.97 Å². The van der Waals surface area contributed by atoms with Crippen LogP contribution in [0.5, 0.6) is 5.75 Å². The van der Waals surface area contributed by atoms with Crippen molar-refractivity contribution in [3.63, 3.8) is 0 Å². The van der Waals surface area contributed by atoms with Gasteiger partial charge in [-0.15, -0.1) is 0 Å². The van der Waals surface area contributed by atoms with Gasteiger partial charge in [-0.25, -0.2) is 9.97 Å². The Morgan fingerprint density at radius 2 is 2.25 bits per heavy atom. The van der Waals surface area contributed by atoms with Gasteiger partial charge in [0.1, 0.15) is 29.8 Å². The summed E-state index contributed by atoms with van der Waals surface area (Å²) in [6.07, 6.45) is 1.72. The highest BCUT2D eigenvalue weighted by Crippen LogP contribution is 2.28. The summed E-state index contributed by atoms with van der Waals surface area (Å²) in [5.41, 5.74) is 7.50. The van der Waals surface area contributed by atoms with E-state index in [1.807, 2.05) is 6.07 Å². The fourth-order valence-electron chi connectivity index (χ4n) is 2.23. The van der Waals surface area contributed by atoms with Crippen LogP contribution >= 0.6 is 0 Å². The van der Waals surface area contributed by atoms with Crippen LogP contribution in [0.3, 0.4) is 0 Å². The molecule has 0 aromatic carbocycles. The molecule has 0 amide bonds. The predicted molar refractivity (Wildman–Crippen MR) is 83.6 cm³/mol. The first-order valence-corrected chi connectivity index (χ1v) is 7.27. The molecule has 3 heterocycles. The van der Waals surface area contributed by atoms with Crippen molar-refractivity contribution in [1.29, 1.82) is 5.26 Å². The maximum Gasteiger partial charge on any atom is 0.212 e. The number of nitrogens with two attached hydrogens (primary N) is 1. The van der Waals surface area contributed by atoms with E-state index in [4.69, 9.17) is 20.6 Å². The second-order valence-corrected chi connectivity index (χ2v) is 5.13. The van der Waals surface area contributed by atoms with Crippen LogP contribution in [0.1, 0.15) is 12.1 Å². The van der Waals surface area contributed by atoms with Gasteiger partial charge in [0, 0.05) is 24.7 Å². The van der Waals surface area contributed by atoms with Crippen molar-refractivity contribution < 1.29 is 14.0 Å². The lowest BCUT2D eigenvalue weighted by atomic mass is 10.1. The van der Waals surface area contributed by atoms with Gasteiger partial charge >= 0.3 is 0 Å². The van der Waals surface area contributed by atoms with E-state index in [-0.39, 0.29) is 18.4 Å². The molecule has 2 aromatic rings. The predicted octanol–water partition coefficient (Wildman–Crippen LogP) is 1.64. The molecule has 0 spiro atoms. The van der Waals surface area contributed by atoms with E-state index in [0.29, 0.717) is 30.0 Å². The lowest BCUT2D eigenvalue weighted by Crippen LogP contribution is -2.20. The molecule has 8 heteroatoms. The van der Waals surface area contributed by atoms with Crippen molar-refractivity contribution in [3.05, 3.63) is 42.1 Å². The Hall–Kier alpha value is -3.05. The van der Waals surface area contributed by atoms with Crippen molar-refractivity contribution in [3.8, 4) is 23.1 Å². The normalized spacial score (nSPS) is 16.2. The molecule has 1 unspecified atom stereocenters. The summed E-state index contributed by atoms with van der Waals surface area (Å²) in [6.45, 7) is 0.601. The number of hydrogen-bond donors (Lipinski definition) is 1. The third-order valence-electron chi connectivity index (χ3n) is 3.43. The number of nitriles is 1. The largest absolute Gasteiger partial charge is 0.487 e. The monoisotopic (exact) mass is 327 g/mol.